The highest BCUT2D eigenvalue weighted by Crippen LogP contribution is 2.20. The Bertz CT molecular complexity index is 477. The molecule has 0 aliphatic rings. The highest BCUT2D eigenvalue weighted by Gasteiger charge is 2.32. The number of methoxy groups -OCH3 is 1. The van der Waals surface area contributed by atoms with Gasteiger partial charge in [-0.3, -0.25) is 4.79 Å². The van der Waals surface area contributed by atoms with Gasteiger partial charge in [0, 0.05) is 4.47 Å². The maximum absolute atomic E-state index is 12.1. The molecule has 20 heavy (non-hydrogen) atoms. The molecule has 0 saturated carbocycles. The summed E-state index contributed by atoms with van der Waals surface area (Å²) in [4.78, 5) is 23.4. The topological polar surface area (TPSA) is 81.4 Å². The lowest BCUT2D eigenvalue weighted by Crippen LogP contribution is -2.53. The van der Waals surface area contributed by atoms with E-state index in [0.717, 1.165) is 4.47 Å². The standard InChI is InChI=1S/C13H17BrN2O3.ClH/c1-8(11(17)19-3)16-12(18)13(2,15)9-4-6-10(14)7-5-9;/h4-8H,15H2,1-3H3,(H,16,18);1H/t8-,13?;/m1./s1. The Kier molecular flexibility index (Phi) is 7.19. The van der Waals surface area contributed by atoms with E-state index < -0.39 is 23.5 Å². The largest absolute Gasteiger partial charge is 0.467 e. The molecule has 1 aromatic carbocycles. The van der Waals surface area contributed by atoms with Gasteiger partial charge in [0.05, 0.1) is 7.11 Å². The van der Waals surface area contributed by atoms with Crippen LogP contribution in [0.4, 0.5) is 0 Å². The molecule has 1 amide bonds. The van der Waals surface area contributed by atoms with Crippen LogP contribution in [0.25, 0.3) is 0 Å². The molecular weight excluding hydrogens is 348 g/mol. The molecule has 112 valence electrons. The van der Waals surface area contributed by atoms with Gasteiger partial charge < -0.3 is 15.8 Å². The summed E-state index contributed by atoms with van der Waals surface area (Å²) in [5.41, 5.74) is 5.48. The summed E-state index contributed by atoms with van der Waals surface area (Å²) >= 11 is 3.32. The Labute approximate surface area is 132 Å². The number of rotatable bonds is 4. The van der Waals surface area contributed by atoms with Gasteiger partial charge in [-0.05, 0) is 31.5 Å². The van der Waals surface area contributed by atoms with Crippen LogP contribution >= 0.6 is 28.3 Å². The van der Waals surface area contributed by atoms with Gasteiger partial charge in [0.15, 0.2) is 0 Å². The average molecular weight is 366 g/mol. The number of carbonyl (C=O) groups is 2. The Hall–Kier alpha value is -1.11. The highest BCUT2D eigenvalue weighted by atomic mass is 79.9. The van der Waals surface area contributed by atoms with Crippen LogP contribution in [0, 0.1) is 0 Å². The smallest absolute Gasteiger partial charge is 0.328 e. The fraction of sp³-hybridized carbons (Fsp3) is 0.385. The molecule has 1 unspecified atom stereocenters. The van der Waals surface area contributed by atoms with E-state index in [2.05, 4.69) is 26.0 Å². The van der Waals surface area contributed by atoms with Crippen LogP contribution in [0.3, 0.4) is 0 Å². The van der Waals surface area contributed by atoms with Crippen molar-refractivity contribution in [3.05, 3.63) is 34.3 Å². The van der Waals surface area contributed by atoms with Crippen LogP contribution in [0.15, 0.2) is 28.7 Å². The molecule has 3 N–H and O–H groups in total. The molecule has 0 aromatic heterocycles. The van der Waals surface area contributed by atoms with E-state index in [-0.39, 0.29) is 12.4 Å². The molecule has 0 bridgehead atoms. The average Bonchev–Trinajstić information content (AvgIpc) is 2.38. The fourth-order valence-corrected chi connectivity index (χ4v) is 1.77. The Morgan fingerprint density at radius 3 is 2.30 bits per heavy atom. The van der Waals surface area contributed by atoms with Crippen molar-refractivity contribution in [2.24, 2.45) is 5.73 Å². The number of carbonyl (C=O) groups excluding carboxylic acids is 2. The van der Waals surface area contributed by atoms with Gasteiger partial charge in [-0.25, -0.2) is 4.79 Å². The fourth-order valence-electron chi connectivity index (χ4n) is 1.51. The molecule has 2 atom stereocenters. The van der Waals surface area contributed by atoms with Crippen molar-refractivity contribution in [2.45, 2.75) is 25.4 Å². The van der Waals surface area contributed by atoms with Crippen LogP contribution in [0.1, 0.15) is 19.4 Å². The van der Waals surface area contributed by atoms with E-state index in [1.54, 1.807) is 38.1 Å². The number of hydrogen-bond donors (Lipinski definition) is 2. The normalized spacial score (nSPS) is 14.4. The third kappa shape index (κ3) is 4.47. The van der Waals surface area contributed by atoms with Crippen molar-refractivity contribution in [1.29, 1.82) is 0 Å². The lowest BCUT2D eigenvalue weighted by atomic mass is 9.92. The van der Waals surface area contributed by atoms with Gasteiger partial charge in [0.25, 0.3) is 0 Å². The van der Waals surface area contributed by atoms with Crippen molar-refractivity contribution in [3.63, 3.8) is 0 Å². The summed E-state index contributed by atoms with van der Waals surface area (Å²) in [5, 5.41) is 2.53. The molecule has 0 spiro atoms. The van der Waals surface area contributed by atoms with E-state index in [0.29, 0.717) is 5.56 Å². The Morgan fingerprint density at radius 2 is 1.85 bits per heavy atom. The molecule has 0 aliphatic carbocycles. The first-order valence-electron chi connectivity index (χ1n) is 5.72. The van der Waals surface area contributed by atoms with Crippen LogP contribution in [-0.4, -0.2) is 25.0 Å². The zero-order valence-electron chi connectivity index (χ0n) is 11.5. The zero-order chi connectivity index (χ0) is 14.6. The number of esters is 1. The third-order valence-electron chi connectivity index (χ3n) is 2.82. The van der Waals surface area contributed by atoms with E-state index >= 15 is 0 Å². The molecule has 5 nitrogen and oxygen atoms in total. The lowest BCUT2D eigenvalue weighted by Gasteiger charge is -2.25. The molecule has 0 fully saturated rings. The Balaban J connectivity index is 0.00000361. The quantitative estimate of drug-likeness (QED) is 0.796. The molecule has 0 radical (unpaired) electrons. The van der Waals surface area contributed by atoms with Crippen LogP contribution in [0.2, 0.25) is 0 Å². The minimum atomic E-state index is -1.22. The molecular formula is C13H18BrClN2O3. The number of hydrogen-bond acceptors (Lipinski definition) is 4. The van der Waals surface area contributed by atoms with Gasteiger partial charge in [0.2, 0.25) is 5.91 Å². The van der Waals surface area contributed by atoms with Crippen molar-refractivity contribution < 1.29 is 14.3 Å². The summed E-state index contributed by atoms with van der Waals surface area (Å²) in [7, 11) is 1.27. The first-order valence-corrected chi connectivity index (χ1v) is 6.52. The van der Waals surface area contributed by atoms with Crippen LogP contribution in [-0.2, 0) is 19.9 Å². The van der Waals surface area contributed by atoms with Gasteiger partial charge in [0.1, 0.15) is 11.6 Å². The summed E-state index contributed by atoms with van der Waals surface area (Å²) in [5.74, 6) is -0.951. The zero-order valence-corrected chi connectivity index (χ0v) is 13.9. The summed E-state index contributed by atoms with van der Waals surface area (Å²) in [6.07, 6.45) is 0. The first kappa shape index (κ1) is 18.9. The predicted molar refractivity (Wildman–Crippen MR) is 82.6 cm³/mol. The molecule has 0 heterocycles. The monoisotopic (exact) mass is 364 g/mol. The summed E-state index contributed by atoms with van der Waals surface area (Å²) in [6, 6.07) is 6.38. The van der Waals surface area contributed by atoms with Crippen molar-refractivity contribution >= 4 is 40.2 Å². The van der Waals surface area contributed by atoms with Gasteiger partial charge in [-0.2, -0.15) is 0 Å². The minimum absolute atomic E-state index is 0. The van der Waals surface area contributed by atoms with Gasteiger partial charge in [-0.1, -0.05) is 28.1 Å². The minimum Gasteiger partial charge on any atom is -0.467 e. The SMILES string of the molecule is COC(=O)[C@@H](C)NC(=O)C(C)(N)c1ccc(Br)cc1.Cl. The van der Waals surface area contributed by atoms with E-state index in [1.807, 2.05) is 0 Å². The number of ether oxygens (including phenoxy) is 1. The van der Waals surface area contributed by atoms with Crippen molar-refractivity contribution in [2.75, 3.05) is 7.11 Å². The Morgan fingerprint density at radius 1 is 1.35 bits per heavy atom. The predicted octanol–water partition coefficient (Wildman–Crippen LogP) is 1.72. The molecule has 7 heteroatoms. The summed E-state index contributed by atoms with van der Waals surface area (Å²) in [6.45, 7) is 3.14. The maximum atomic E-state index is 12.1. The maximum Gasteiger partial charge on any atom is 0.328 e. The number of amides is 1. The first-order chi connectivity index (χ1) is 8.78. The third-order valence-corrected chi connectivity index (χ3v) is 3.35. The summed E-state index contributed by atoms with van der Waals surface area (Å²) < 4.78 is 5.44. The second-order valence-electron chi connectivity index (χ2n) is 4.43. The second-order valence-corrected chi connectivity index (χ2v) is 5.34. The van der Waals surface area contributed by atoms with Crippen molar-refractivity contribution in [3.8, 4) is 0 Å². The van der Waals surface area contributed by atoms with Crippen molar-refractivity contribution in [1.82, 2.24) is 5.32 Å². The van der Waals surface area contributed by atoms with E-state index in [9.17, 15) is 9.59 Å². The molecule has 1 rings (SSSR count). The van der Waals surface area contributed by atoms with Crippen LogP contribution < -0.4 is 11.1 Å². The molecule has 0 saturated heterocycles. The lowest BCUT2D eigenvalue weighted by molar-refractivity contribution is -0.145. The number of nitrogens with one attached hydrogen (secondary N) is 1. The van der Waals surface area contributed by atoms with Gasteiger partial charge in [-0.15, -0.1) is 12.4 Å². The second kappa shape index (κ2) is 7.61. The molecule has 0 aliphatic heterocycles. The van der Waals surface area contributed by atoms with E-state index in [1.165, 1.54) is 7.11 Å². The number of nitrogens with two attached hydrogens (primary N) is 1. The number of halogens is 2. The number of benzene rings is 1. The van der Waals surface area contributed by atoms with Gasteiger partial charge >= 0.3 is 5.97 Å². The van der Waals surface area contributed by atoms with E-state index in [4.69, 9.17) is 5.73 Å². The molecule has 1 aromatic rings. The van der Waals surface area contributed by atoms with Crippen LogP contribution in [0.5, 0.6) is 0 Å². The highest BCUT2D eigenvalue weighted by molar-refractivity contribution is 9.10.